The van der Waals surface area contributed by atoms with Crippen molar-refractivity contribution in [3.8, 4) is 11.5 Å². The van der Waals surface area contributed by atoms with Crippen molar-refractivity contribution >= 4 is 36.5 Å². The molecule has 5 aromatic carbocycles. The van der Waals surface area contributed by atoms with Crippen LogP contribution in [0.2, 0.25) is 5.04 Å². The van der Waals surface area contributed by atoms with Crippen LogP contribution < -0.4 is 25.4 Å². The number of hydrogen-bond donors (Lipinski definition) is 3. The van der Waals surface area contributed by atoms with E-state index in [9.17, 15) is 45.8 Å². The predicted octanol–water partition coefficient (Wildman–Crippen LogP) is 9.47. The van der Waals surface area contributed by atoms with Crippen molar-refractivity contribution in [3.05, 3.63) is 155 Å². The number of halogens is 6. The van der Waals surface area contributed by atoms with E-state index < -0.39 is 116 Å². The van der Waals surface area contributed by atoms with E-state index in [-0.39, 0.29) is 30.1 Å². The molecular formula is C55H60F6N2O10Si. The first-order valence-corrected chi connectivity index (χ1v) is 26.0. The molecule has 12 nitrogen and oxygen atoms in total. The van der Waals surface area contributed by atoms with Gasteiger partial charge in [0, 0.05) is 24.0 Å². The van der Waals surface area contributed by atoms with Gasteiger partial charge in [0.15, 0.2) is 0 Å². The van der Waals surface area contributed by atoms with E-state index in [1.165, 1.54) is 19.9 Å². The summed E-state index contributed by atoms with van der Waals surface area (Å²) >= 11 is 0. The van der Waals surface area contributed by atoms with Crippen molar-refractivity contribution in [1.82, 2.24) is 10.6 Å². The third kappa shape index (κ3) is 12.0. The van der Waals surface area contributed by atoms with Gasteiger partial charge in [-0.3, -0.25) is 9.59 Å². The van der Waals surface area contributed by atoms with Crippen LogP contribution in [0.4, 0.5) is 26.3 Å². The smallest absolute Gasteiger partial charge is 0.471 e. The Morgan fingerprint density at radius 2 is 1.19 bits per heavy atom. The molecule has 3 N–H and O–H groups in total. The maximum atomic E-state index is 14.6. The summed E-state index contributed by atoms with van der Waals surface area (Å²) in [6, 6.07) is 36.0. The first-order valence-electron chi connectivity index (χ1n) is 24.0. The number of esters is 1. The number of methoxy groups -OCH3 is 1. The monoisotopic (exact) mass is 1050 g/mol. The molecule has 0 aromatic heterocycles. The molecule has 8 atom stereocenters. The van der Waals surface area contributed by atoms with Crippen molar-refractivity contribution in [3.63, 3.8) is 0 Å². The average molecular weight is 1050 g/mol. The summed E-state index contributed by atoms with van der Waals surface area (Å²) in [5.41, 5.74) is -1.27. The highest BCUT2D eigenvalue weighted by Gasteiger charge is 2.56. The van der Waals surface area contributed by atoms with Crippen LogP contribution in [0.3, 0.4) is 0 Å². The standard InChI is InChI=1S/C55H60F6N2O10Si/c1-33-46(69-31-35-20-12-8-13-21-35)41(62-50(66)54(56,57)58)29-42(71-33)40-28-39(43-30-53(6,63-51(67)55(59,60)61)48(34(2)72-43)70-32-36-22-14-9-15-23-36)45(64)44(49(65)68-7)47(40)73-74(52(3,4)5,37-24-16-10-17-25-37)38-26-18-11-19-27-38/h8-28,33-34,41-43,46,48,64H,29-32H2,1-7H3,(H,62,66)(H,63,67)/t33?,34?,41-,42-,43+,46-,48-,53-/m1/s1. The lowest BCUT2D eigenvalue weighted by Crippen LogP contribution is -2.69. The van der Waals surface area contributed by atoms with Crippen LogP contribution in [-0.4, -0.2) is 86.7 Å². The SMILES string of the molecule is COC(=O)c1c(O)c([C@@H]2C[C@@](C)(NC(=O)C(F)(F)F)[C@H](OCc3ccccc3)C(C)O2)cc([C@H]2C[C@@H](NC(=O)C(F)(F)F)[C@H](OCc3ccccc3)C(C)O2)c1O[Si](c1ccccc1)(c1ccccc1)C(C)(C)C. The molecular weight excluding hydrogens is 991 g/mol. The van der Waals surface area contributed by atoms with Gasteiger partial charge in [-0.25, -0.2) is 4.79 Å². The first-order chi connectivity index (χ1) is 34.9. The summed E-state index contributed by atoms with van der Waals surface area (Å²) in [6.07, 6.45) is -18.9. The maximum absolute atomic E-state index is 14.6. The zero-order valence-electron chi connectivity index (χ0n) is 41.9. The molecule has 0 radical (unpaired) electrons. The highest BCUT2D eigenvalue weighted by Crippen LogP contribution is 2.51. The molecule has 0 spiro atoms. The van der Waals surface area contributed by atoms with Gasteiger partial charge < -0.3 is 43.9 Å². The van der Waals surface area contributed by atoms with E-state index >= 15 is 0 Å². The molecule has 2 fully saturated rings. The maximum Gasteiger partial charge on any atom is 0.471 e. The van der Waals surface area contributed by atoms with Crippen LogP contribution in [0, 0.1) is 0 Å². The van der Waals surface area contributed by atoms with E-state index in [2.05, 4.69) is 10.6 Å². The van der Waals surface area contributed by atoms with Gasteiger partial charge in [-0.15, -0.1) is 0 Å². The Morgan fingerprint density at radius 1 is 0.703 bits per heavy atom. The number of benzene rings is 5. The minimum Gasteiger partial charge on any atom is -0.533 e. The van der Waals surface area contributed by atoms with Crippen molar-refractivity contribution in [2.75, 3.05) is 7.11 Å². The lowest BCUT2D eigenvalue weighted by atomic mass is 9.79. The highest BCUT2D eigenvalue weighted by molar-refractivity contribution is 7.00. The Hall–Kier alpha value is -6.25. The molecule has 2 aliphatic heterocycles. The summed E-state index contributed by atoms with van der Waals surface area (Å²) in [5, 5.41) is 17.6. The first kappa shape index (κ1) is 55.5. The highest BCUT2D eigenvalue weighted by atomic mass is 28.4. The van der Waals surface area contributed by atoms with Gasteiger partial charge in [0.05, 0.1) is 56.3 Å². The van der Waals surface area contributed by atoms with E-state index in [0.717, 1.165) is 7.11 Å². The Kier molecular flexibility index (Phi) is 16.7. The largest absolute Gasteiger partial charge is 0.533 e. The topological polar surface area (TPSA) is 151 Å². The molecule has 74 heavy (non-hydrogen) atoms. The van der Waals surface area contributed by atoms with Crippen molar-refractivity contribution < 1.29 is 73.9 Å². The van der Waals surface area contributed by atoms with E-state index in [1.54, 1.807) is 67.6 Å². The summed E-state index contributed by atoms with van der Waals surface area (Å²) in [6.45, 7) is 10.1. The van der Waals surface area contributed by atoms with Gasteiger partial charge in [-0.05, 0) is 53.4 Å². The lowest BCUT2D eigenvalue weighted by Gasteiger charge is -2.48. The number of rotatable bonds is 15. The summed E-state index contributed by atoms with van der Waals surface area (Å²) in [4.78, 5) is 40.3. The quantitative estimate of drug-likeness (QED) is 0.0526. The molecule has 2 amide bonds. The van der Waals surface area contributed by atoms with Crippen LogP contribution in [0.25, 0.3) is 0 Å². The van der Waals surface area contributed by atoms with Gasteiger partial charge in [-0.2, -0.15) is 26.3 Å². The van der Waals surface area contributed by atoms with Gasteiger partial charge in [-0.1, -0.05) is 142 Å². The molecule has 19 heteroatoms. The normalized spacial score (nSPS) is 23.6. The molecule has 5 aromatic rings. The number of amides is 2. The zero-order chi connectivity index (χ0) is 53.8. The molecule has 2 heterocycles. The molecule has 2 unspecified atom stereocenters. The minimum atomic E-state index is -5.33. The Balaban J connectivity index is 1.45. The van der Waals surface area contributed by atoms with Gasteiger partial charge in [0.25, 0.3) is 0 Å². The molecule has 2 saturated heterocycles. The Labute approximate surface area is 426 Å². The predicted molar refractivity (Wildman–Crippen MR) is 264 cm³/mol. The summed E-state index contributed by atoms with van der Waals surface area (Å²) in [7, 11) is -2.78. The Bertz CT molecular complexity index is 2690. The average Bonchev–Trinajstić information content (AvgIpc) is 3.35. The fraction of sp³-hybridized carbons (Fsp3) is 0.400. The zero-order valence-corrected chi connectivity index (χ0v) is 42.9. The number of phenolic OH excluding ortho intramolecular Hbond substituents is 1. The number of aromatic hydroxyl groups is 1. The lowest BCUT2D eigenvalue weighted by molar-refractivity contribution is -0.196. The number of carbonyl (C=O) groups is 3. The van der Waals surface area contributed by atoms with Crippen LogP contribution in [-0.2, 0) is 46.5 Å². The van der Waals surface area contributed by atoms with Crippen molar-refractivity contribution in [2.45, 2.75) is 133 Å². The molecule has 396 valence electrons. The number of phenols is 1. The van der Waals surface area contributed by atoms with Gasteiger partial charge in [0.1, 0.15) is 29.3 Å². The molecule has 0 aliphatic carbocycles. The summed E-state index contributed by atoms with van der Waals surface area (Å²) in [5.74, 6) is -6.67. The third-order valence-corrected chi connectivity index (χ3v) is 18.5. The second-order valence-corrected chi connectivity index (χ2v) is 24.1. The fourth-order valence-electron chi connectivity index (χ4n) is 10.2. The third-order valence-electron chi connectivity index (χ3n) is 13.6. The van der Waals surface area contributed by atoms with Crippen LogP contribution in [0.5, 0.6) is 11.5 Å². The van der Waals surface area contributed by atoms with Crippen LogP contribution in [0.1, 0.15) is 99.2 Å². The summed E-state index contributed by atoms with van der Waals surface area (Å²) < 4.78 is 124. The molecule has 0 saturated carbocycles. The number of alkyl halides is 6. The fourth-order valence-corrected chi connectivity index (χ4v) is 14.7. The van der Waals surface area contributed by atoms with Crippen molar-refractivity contribution in [1.29, 1.82) is 0 Å². The van der Waals surface area contributed by atoms with Gasteiger partial charge in [0.2, 0.25) is 0 Å². The second kappa shape index (κ2) is 22.3. The Morgan fingerprint density at radius 3 is 1.68 bits per heavy atom. The minimum absolute atomic E-state index is 0.00876. The number of nitrogens with one attached hydrogen (secondary N) is 2. The second-order valence-electron chi connectivity index (χ2n) is 19.9. The number of hydrogen-bond acceptors (Lipinski definition) is 10. The van der Waals surface area contributed by atoms with E-state index in [4.69, 9.17) is 28.1 Å². The molecule has 7 rings (SSSR count). The van der Waals surface area contributed by atoms with E-state index in [0.29, 0.717) is 21.5 Å². The van der Waals surface area contributed by atoms with E-state index in [1.807, 2.05) is 81.4 Å². The number of ether oxygens (including phenoxy) is 5. The number of carbonyl (C=O) groups excluding carboxylic acids is 3. The van der Waals surface area contributed by atoms with Crippen LogP contribution in [0.15, 0.2) is 127 Å². The molecule has 2 aliphatic rings. The van der Waals surface area contributed by atoms with Crippen molar-refractivity contribution in [2.24, 2.45) is 0 Å². The molecule has 0 bridgehead atoms. The van der Waals surface area contributed by atoms with Crippen LogP contribution >= 0.6 is 0 Å². The van der Waals surface area contributed by atoms with Gasteiger partial charge >= 0.3 is 38.5 Å².